The molecule has 0 saturated heterocycles. The number of nitrogens with zero attached hydrogens (tertiary/aromatic N) is 2. The third-order valence-electron chi connectivity index (χ3n) is 5.54. The van der Waals surface area contributed by atoms with Crippen molar-refractivity contribution in [1.82, 2.24) is 10.2 Å². The number of carbonyl (C=O) groups excluding carboxylic acids is 2. The fourth-order valence-corrected chi connectivity index (χ4v) is 4.66. The van der Waals surface area contributed by atoms with Crippen LogP contribution in [0, 0.1) is 6.92 Å². The average Bonchev–Trinajstić information content (AvgIpc) is 2.74. The summed E-state index contributed by atoms with van der Waals surface area (Å²) in [5.74, 6) is -0.670. The van der Waals surface area contributed by atoms with Crippen molar-refractivity contribution in [3.8, 4) is 0 Å². The van der Waals surface area contributed by atoms with Gasteiger partial charge in [-0.15, -0.1) is 0 Å². The third kappa shape index (κ3) is 7.32. The molecule has 0 radical (unpaired) electrons. The topological polar surface area (TPSA) is 86.8 Å². The van der Waals surface area contributed by atoms with Crippen molar-refractivity contribution in [1.29, 1.82) is 0 Å². The maximum Gasteiger partial charge on any atom is 0.244 e. The molecule has 0 aliphatic heterocycles. The Morgan fingerprint density at radius 1 is 0.971 bits per heavy atom. The largest absolute Gasteiger partial charge is 0.352 e. The molecule has 0 spiro atoms. The third-order valence-corrected chi connectivity index (χ3v) is 6.67. The van der Waals surface area contributed by atoms with Crippen molar-refractivity contribution >= 4 is 27.5 Å². The standard InChI is InChI=1S/C26H37N3O4S/c1-18(2)23-13-8-9-14-24(23)29(34(7,32)33)17-25(30)28(21(6)26(31)27-19(3)4)16-22-12-10-11-20(5)15-22/h8-15,18-19,21H,16-17H2,1-7H3,(H,27,31)/t21-/m0/s1. The molecule has 0 bridgehead atoms. The van der Waals surface area contributed by atoms with E-state index < -0.39 is 28.5 Å². The monoisotopic (exact) mass is 487 g/mol. The van der Waals surface area contributed by atoms with Gasteiger partial charge in [0.25, 0.3) is 0 Å². The van der Waals surface area contributed by atoms with Crippen LogP contribution in [0.25, 0.3) is 0 Å². The van der Waals surface area contributed by atoms with Crippen LogP contribution in [-0.2, 0) is 26.2 Å². The van der Waals surface area contributed by atoms with E-state index in [0.717, 1.165) is 27.3 Å². The van der Waals surface area contributed by atoms with E-state index in [9.17, 15) is 18.0 Å². The van der Waals surface area contributed by atoms with E-state index >= 15 is 0 Å². The van der Waals surface area contributed by atoms with Crippen molar-refractivity contribution in [3.63, 3.8) is 0 Å². The normalized spacial score (nSPS) is 12.5. The summed E-state index contributed by atoms with van der Waals surface area (Å²) < 4.78 is 26.7. The van der Waals surface area contributed by atoms with Gasteiger partial charge in [0.1, 0.15) is 12.6 Å². The number of aryl methyl sites for hydroxylation is 1. The second-order valence-corrected chi connectivity index (χ2v) is 11.2. The van der Waals surface area contributed by atoms with Crippen LogP contribution in [0.15, 0.2) is 48.5 Å². The molecule has 2 aromatic carbocycles. The van der Waals surface area contributed by atoms with Gasteiger partial charge in [-0.2, -0.15) is 0 Å². The molecular weight excluding hydrogens is 450 g/mol. The number of amides is 2. The van der Waals surface area contributed by atoms with E-state index in [1.165, 1.54) is 4.90 Å². The molecular formula is C26H37N3O4S. The molecule has 2 aromatic rings. The van der Waals surface area contributed by atoms with Gasteiger partial charge in [0.2, 0.25) is 21.8 Å². The van der Waals surface area contributed by atoms with E-state index in [2.05, 4.69) is 5.32 Å². The molecule has 0 unspecified atom stereocenters. The molecule has 0 fully saturated rings. The van der Waals surface area contributed by atoms with Crippen LogP contribution in [-0.4, -0.2) is 50.0 Å². The molecule has 2 amide bonds. The number of para-hydroxylation sites is 1. The zero-order valence-corrected chi connectivity index (χ0v) is 22.0. The van der Waals surface area contributed by atoms with Gasteiger partial charge in [0.05, 0.1) is 11.9 Å². The number of hydrogen-bond donors (Lipinski definition) is 1. The Labute approximate surface area is 204 Å². The molecule has 2 rings (SSSR count). The van der Waals surface area contributed by atoms with Crippen LogP contribution in [0.1, 0.15) is 57.2 Å². The van der Waals surface area contributed by atoms with Gasteiger partial charge in [-0.05, 0) is 50.8 Å². The highest BCUT2D eigenvalue weighted by atomic mass is 32.2. The predicted octanol–water partition coefficient (Wildman–Crippen LogP) is 3.83. The molecule has 186 valence electrons. The number of sulfonamides is 1. The van der Waals surface area contributed by atoms with E-state index in [1.54, 1.807) is 19.1 Å². The fourth-order valence-electron chi connectivity index (χ4n) is 3.79. The Kier molecular flexibility index (Phi) is 9.27. The molecule has 7 nitrogen and oxygen atoms in total. The first kappa shape index (κ1) is 27.4. The maximum atomic E-state index is 13.6. The van der Waals surface area contributed by atoms with Crippen LogP contribution in [0.2, 0.25) is 0 Å². The molecule has 0 heterocycles. The Balaban J connectivity index is 2.46. The summed E-state index contributed by atoms with van der Waals surface area (Å²) in [5.41, 5.74) is 3.21. The predicted molar refractivity (Wildman–Crippen MR) is 137 cm³/mol. The molecule has 0 aromatic heterocycles. The van der Waals surface area contributed by atoms with E-state index in [0.29, 0.717) is 5.69 Å². The molecule has 1 atom stereocenters. The lowest BCUT2D eigenvalue weighted by Gasteiger charge is -2.32. The van der Waals surface area contributed by atoms with Crippen LogP contribution in [0.5, 0.6) is 0 Å². The fraction of sp³-hybridized carbons (Fsp3) is 0.462. The summed E-state index contributed by atoms with van der Waals surface area (Å²) in [6.45, 7) is 11.1. The zero-order chi connectivity index (χ0) is 25.6. The average molecular weight is 488 g/mol. The Morgan fingerprint density at radius 2 is 1.62 bits per heavy atom. The van der Waals surface area contributed by atoms with Crippen LogP contribution in [0.3, 0.4) is 0 Å². The highest BCUT2D eigenvalue weighted by Gasteiger charge is 2.31. The van der Waals surface area contributed by atoms with E-state index in [1.807, 2.05) is 71.0 Å². The quantitative estimate of drug-likeness (QED) is 0.552. The second kappa shape index (κ2) is 11.5. The van der Waals surface area contributed by atoms with Crippen molar-refractivity contribution in [2.24, 2.45) is 0 Å². The summed E-state index contributed by atoms with van der Waals surface area (Å²) in [6, 6.07) is 14.0. The minimum absolute atomic E-state index is 0.0645. The first-order valence-electron chi connectivity index (χ1n) is 11.5. The molecule has 0 aliphatic rings. The Bertz CT molecular complexity index is 1110. The van der Waals surface area contributed by atoms with Gasteiger partial charge < -0.3 is 10.2 Å². The highest BCUT2D eigenvalue weighted by molar-refractivity contribution is 7.92. The lowest BCUT2D eigenvalue weighted by atomic mass is 10.0. The molecule has 1 N–H and O–H groups in total. The molecule has 0 saturated carbocycles. The minimum atomic E-state index is -3.76. The first-order valence-corrected chi connectivity index (χ1v) is 13.4. The summed E-state index contributed by atoms with van der Waals surface area (Å²) in [7, 11) is -3.76. The maximum absolute atomic E-state index is 13.6. The van der Waals surface area contributed by atoms with Crippen molar-refractivity contribution in [2.45, 2.75) is 66.1 Å². The van der Waals surface area contributed by atoms with Crippen LogP contribution in [0.4, 0.5) is 5.69 Å². The summed E-state index contributed by atoms with van der Waals surface area (Å²) >= 11 is 0. The zero-order valence-electron chi connectivity index (χ0n) is 21.2. The first-order chi connectivity index (χ1) is 15.8. The van der Waals surface area contributed by atoms with E-state index in [4.69, 9.17) is 0 Å². The lowest BCUT2D eigenvalue weighted by Crippen LogP contribution is -2.52. The summed E-state index contributed by atoms with van der Waals surface area (Å²) in [4.78, 5) is 27.9. The molecule has 0 aliphatic carbocycles. The molecule has 34 heavy (non-hydrogen) atoms. The van der Waals surface area contributed by atoms with Crippen molar-refractivity contribution < 1.29 is 18.0 Å². The number of carbonyl (C=O) groups is 2. The van der Waals surface area contributed by atoms with Gasteiger partial charge in [0, 0.05) is 12.6 Å². The second-order valence-electron chi connectivity index (χ2n) is 9.33. The van der Waals surface area contributed by atoms with Crippen LogP contribution >= 0.6 is 0 Å². The number of benzene rings is 2. The number of nitrogens with one attached hydrogen (secondary N) is 1. The van der Waals surface area contributed by atoms with E-state index in [-0.39, 0.29) is 24.4 Å². The highest BCUT2D eigenvalue weighted by Crippen LogP contribution is 2.29. The van der Waals surface area contributed by atoms with Crippen LogP contribution < -0.4 is 9.62 Å². The van der Waals surface area contributed by atoms with Gasteiger partial charge in [-0.25, -0.2) is 8.42 Å². The minimum Gasteiger partial charge on any atom is -0.352 e. The van der Waals surface area contributed by atoms with Gasteiger partial charge in [-0.1, -0.05) is 61.9 Å². The van der Waals surface area contributed by atoms with Crippen molar-refractivity contribution in [3.05, 3.63) is 65.2 Å². The smallest absolute Gasteiger partial charge is 0.244 e. The Morgan fingerprint density at radius 3 is 2.18 bits per heavy atom. The summed E-state index contributed by atoms with van der Waals surface area (Å²) in [6.07, 6.45) is 1.09. The lowest BCUT2D eigenvalue weighted by molar-refractivity contribution is -0.139. The van der Waals surface area contributed by atoms with Crippen molar-refractivity contribution in [2.75, 3.05) is 17.1 Å². The molecule has 8 heteroatoms. The summed E-state index contributed by atoms with van der Waals surface area (Å²) in [5, 5.41) is 2.85. The number of hydrogen-bond acceptors (Lipinski definition) is 4. The van der Waals surface area contributed by atoms with Gasteiger partial charge >= 0.3 is 0 Å². The number of anilines is 1. The van der Waals surface area contributed by atoms with Gasteiger partial charge in [-0.3, -0.25) is 13.9 Å². The number of rotatable bonds is 10. The van der Waals surface area contributed by atoms with Gasteiger partial charge in [0.15, 0.2) is 0 Å². The Hall–Kier alpha value is -2.87. The SMILES string of the molecule is Cc1cccc(CN(C(=O)CN(c2ccccc2C(C)C)S(C)(=O)=O)[C@@H](C)C(=O)NC(C)C)c1.